The van der Waals surface area contributed by atoms with Gasteiger partial charge < -0.3 is 62.1 Å². The van der Waals surface area contributed by atoms with Crippen molar-refractivity contribution in [1.82, 2.24) is 46.3 Å². The summed E-state index contributed by atoms with van der Waals surface area (Å²) in [7, 11) is 0. The highest BCUT2D eigenvalue weighted by atomic mass is 16.4. The summed E-state index contributed by atoms with van der Waals surface area (Å²) in [5, 5.41) is 69.6. The molecule has 0 saturated carbocycles. The normalized spacial score (nSPS) is 12.0. The van der Waals surface area contributed by atoms with Crippen molar-refractivity contribution in [3.05, 3.63) is 77.6 Å². The van der Waals surface area contributed by atoms with E-state index in [9.17, 15) is 58.5 Å². The van der Waals surface area contributed by atoms with Crippen LogP contribution in [-0.4, -0.2) is 188 Å². The van der Waals surface area contributed by atoms with Crippen LogP contribution in [0.2, 0.25) is 0 Å². The monoisotopic (exact) mass is 953 g/mol. The molecule has 1 heterocycles. The standard InChI is InChI=1S/C44H59N9O15/c54-36(27-51(19-16-45-24-38(57)58)21-22-52(28-40(61)62)20-17-46-25-39(59)60)48-23-29-8-10-31(11-9-29)41(63)53(26-35-32-6-2-1-5-30(32)14-15-47-35)18-4-3-7-33(42(64)65)49-44(68)50-34(43(66)67)12-13-37(55)56/h1-2,5-6,8-11,14-15,33-34,45-46H,3-4,7,12-13,16-28H2,(H,48,54)(H,55,56)(H,57,58)(H,59,60)(H,61,62)(H,64,65)(H,66,67)(H2,49,50,68)/t33?,34-/m1/s1. The van der Waals surface area contributed by atoms with Crippen LogP contribution in [0.4, 0.5) is 4.79 Å². The first kappa shape index (κ1) is 55.1. The number of benzene rings is 2. The van der Waals surface area contributed by atoms with Gasteiger partial charge in [0.25, 0.3) is 5.91 Å². The van der Waals surface area contributed by atoms with E-state index in [1.165, 1.54) is 0 Å². The number of nitrogens with zero attached hydrogens (tertiary/aromatic N) is 4. The predicted octanol–water partition coefficient (Wildman–Crippen LogP) is -0.229. The molecular weight excluding hydrogens is 895 g/mol. The molecule has 1 unspecified atom stereocenters. The molecule has 68 heavy (non-hydrogen) atoms. The smallest absolute Gasteiger partial charge is 0.326 e. The van der Waals surface area contributed by atoms with Gasteiger partial charge in [0.2, 0.25) is 5.91 Å². The van der Waals surface area contributed by atoms with E-state index in [4.69, 9.17) is 15.3 Å². The zero-order valence-electron chi connectivity index (χ0n) is 37.3. The van der Waals surface area contributed by atoms with Crippen molar-refractivity contribution in [3.63, 3.8) is 0 Å². The molecule has 2 aromatic carbocycles. The summed E-state index contributed by atoms with van der Waals surface area (Å²) in [5.41, 5.74) is 1.57. The number of carbonyl (C=O) groups is 9. The van der Waals surface area contributed by atoms with Gasteiger partial charge in [-0.2, -0.15) is 0 Å². The number of nitrogens with one attached hydrogen (secondary N) is 5. The third kappa shape index (κ3) is 21.4. The Labute approximate surface area is 390 Å². The quantitative estimate of drug-likeness (QED) is 0.0344. The second kappa shape index (κ2) is 29.4. The zero-order chi connectivity index (χ0) is 50.0. The predicted molar refractivity (Wildman–Crippen MR) is 242 cm³/mol. The van der Waals surface area contributed by atoms with Crippen molar-refractivity contribution >= 4 is 64.4 Å². The van der Waals surface area contributed by atoms with Crippen LogP contribution in [0.1, 0.15) is 53.7 Å². The Kier molecular flexibility index (Phi) is 23.8. The van der Waals surface area contributed by atoms with Gasteiger partial charge in [-0.3, -0.25) is 43.6 Å². The second-order valence-electron chi connectivity index (χ2n) is 15.6. The molecule has 0 aliphatic carbocycles. The molecule has 11 N–H and O–H groups in total. The zero-order valence-corrected chi connectivity index (χ0v) is 37.3. The maximum absolute atomic E-state index is 14.1. The first-order valence-electron chi connectivity index (χ1n) is 21.6. The van der Waals surface area contributed by atoms with E-state index in [-0.39, 0.29) is 116 Å². The number of hydrogen-bond donors (Lipinski definition) is 11. The molecule has 0 saturated heterocycles. The Morgan fingerprint density at radius 2 is 1.19 bits per heavy atom. The molecule has 3 rings (SSSR count). The summed E-state index contributed by atoms with van der Waals surface area (Å²) in [6, 6.07) is 11.8. The van der Waals surface area contributed by atoms with E-state index in [0.717, 1.165) is 10.8 Å². The summed E-state index contributed by atoms with van der Waals surface area (Å²) in [6.07, 6.45) is 1.10. The minimum absolute atomic E-state index is 0.0819. The first-order chi connectivity index (χ1) is 32.4. The fraction of sp³-hybridized carbons (Fsp3) is 0.455. The minimum atomic E-state index is -1.56. The number of rotatable bonds is 34. The highest BCUT2D eigenvalue weighted by Gasteiger charge is 2.26. The number of unbranched alkanes of at least 4 members (excludes halogenated alkanes) is 1. The fourth-order valence-corrected chi connectivity index (χ4v) is 6.82. The fourth-order valence-electron chi connectivity index (χ4n) is 6.82. The summed E-state index contributed by atoms with van der Waals surface area (Å²) in [6.45, 7) is 0.626. The minimum Gasteiger partial charge on any atom is -0.481 e. The highest BCUT2D eigenvalue weighted by molar-refractivity contribution is 5.94. The summed E-state index contributed by atoms with van der Waals surface area (Å²) < 4.78 is 0. The number of carboxylic acids is 6. The molecule has 0 aliphatic heterocycles. The van der Waals surface area contributed by atoms with Crippen molar-refractivity contribution in [3.8, 4) is 0 Å². The lowest BCUT2D eigenvalue weighted by atomic mass is 10.1. The Morgan fingerprint density at radius 1 is 0.603 bits per heavy atom. The maximum Gasteiger partial charge on any atom is 0.326 e. The van der Waals surface area contributed by atoms with E-state index in [1.807, 2.05) is 30.3 Å². The number of aromatic nitrogens is 1. The molecule has 370 valence electrons. The van der Waals surface area contributed by atoms with Crippen molar-refractivity contribution < 1.29 is 73.8 Å². The van der Waals surface area contributed by atoms with Crippen molar-refractivity contribution in [1.29, 1.82) is 0 Å². The van der Waals surface area contributed by atoms with Gasteiger partial charge in [-0.15, -0.1) is 0 Å². The van der Waals surface area contributed by atoms with E-state index in [1.54, 1.807) is 45.2 Å². The Morgan fingerprint density at radius 3 is 1.76 bits per heavy atom. The van der Waals surface area contributed by atoms with E-state index in [2.05, 4.69) is 31.6 Å². The molecule has 2 atom stereocenters. The van der Waals surface area contributed by atoms with Gasteiger partial charge in [0, 0.05) is 75.9 Å². The molecule has 24 nitrogen and oxygen atoms in total. The van der Waals surface area contributed by atoms with Gasteiger partial charge in [-0.1, -0.05) is 36.4 Å². The first-order valence-corrected chi connectivity index (χ1v) is 21.6. The SMILES string of the molecule is O=C(O)CC[C@@H](NC(=O)NC(CCCCN(Cc1nccc2ccccc12)C(=O)c1ccc(CNC(=O)CN(CCNCC(=O)O)CCN(CCNCC(=O)O)CC(=O)O)cc1)C(=O)O)C(=O)O. The number of carboxylic acid groups (broad SMARTS) is 6. The Hall–Kier alpha value is -7.28. The van der Waals surface area contributed by atoms with Crippen molar-refractivity contribution in [2.45, 2.75) is 57.3 Å². The number of carbonyl (C=O) groups excluding carboxylic acids is 3. The molecule has 24 heteroatoms. The molecule has 3 aromatic rings. The molecule has 0 aliphatic rings. The summed E-state index contributed by atoms with van der Waals surface area (Å²) >= 11 is 0. The van der Waals surface area contributed by atoms with E-state index >= 15 is 0 Å². The highest BCUT2D eigenvalue weighted by Crippen LogP contribution is 2.20. The second-order valence-corrected chi connectivity index (χ2v) is 15.6. The van der Waals surface area contributed by atoms with Crippen molar-refractivity contribution in [2.24, 2.45) is 0 Å². The van der Waals surface area contributed by atoms with Crippen LogP contribution in [0.25, 0.3) is 10.8 Å². The topological polar surface area (TPSA) is 358 Å². The number of amides is 4. The van der Waals surface area contributed by atoms with Crippen LogP contribution in [-0.2, 0) is 46.7 Å². The number of pyridine rings is 1. The lowest BCUT2D eigenvalue weighted by molar-refractivity contribution is -0.141. The third-order valence-electron chi connectivity index (χ3n) is 10.3. The van der Waals surface area contributed by atoms with Gasteiger partial charge in [0.15, 0.2) is 0 Å². The molecule has 0 fully saturated rings. The molecule has 0 bridgehead atoms. The summed E-state index contributed by atoms with van der Waals surface area (Å²) in [4.78, 5) is 117. The molecule has 1 aromatic heterocycles. The van der Waals surface area contributed by atoms with Gasteiger partial charge in [-0.25, -0.2) is 14.4 Å². The lowest BCUT2D eigenvalue weighted by Crippen LogP contribution is -2.51. The van der Waals surface area contributed by atoms with Crippen LogP contribution >= 0.6 is 0 Å². The molecule has 0 radical (unpaired) electrons. The van der Waals surface area contributed by atoms with E-state index < -0.39 is 66.8 Å². The van der Waals surface area contributed by atoms with Gasteiger partial charge in [0.1, 0.15) is 12.1 Å². The van der Waals surface area contributed by atoms with Crippen LogP contribution in [0.15, 0.2) is 60.8 Å². The third-order valence-corrected chi connectivity index (χ3v) is 10.3. The van der Waals surface area contributed by atoms with Crippen LogP contribution < -0.4 is 26.6 Å². The molecule has 4 amide bonds. The average molecular weight is 954 g/mol. The van der Waals surface area contributed by atoms with Gasteiger partial charge in [-0.05, 0) is 54.8 Å². The van der Waals surface area contributed by atoms with Gasteiger partial charge >= 0.3 is 41.8 Å². The lowest BCUT2D eigenvalue weighted by Gasteiger charge is -2.26. The number of urea groups is 1. The molecule has 0 spiro atoms. The van der Waals surface area contributed by atoms with Crippen LogP contribution in [0.3, 0.4) is 0 Å². The molecular formula is C44H59N9O15. The van der Waals surface area contributed by atoms with Crippen LogP contribution in [0, 0.1) is 0 Å². The van der Waals surface area contributed by atoms with E-state index in [0.29, 0.717) is 16.8 Å². The van der Waals surface area contributed by atoms with Crippen LogP contribution in [0.5, 0.6) is 0 Å². The Balaban J connectivity index is 1.67. The number of fused-ring (bicyclic) bond motifs is 1. The summed E-state index contributed by atoms with van der Waals surface area (Å²) in [5.74, 6) is -8.11. The largest absolute Gasteiger partial charge is 0.481 e. The van der Waals surface area contributed by atoms with Gasteiger partial charge in [0.05, 0.1) is 38.4 Å². The average Bonchev–Trinajstić information content (AvgIpc) is 3.28. The van der Waals surface area contributed by atoms with Crippen molar-refractivity contribution in [2.75, 3.05) is 72.0 Å². The number of hydrogen-bond acceptors (Lipinski definition) is 14. The number of aliphatic carboxylic acids is 6. The maximum atomic E-state index is 14.1. The Bertz CT molecular complexity index is 2190.